The molecule has 1 aliphatic heterocycles. The summed E-state index contributed by atoms with van der Waals surface area (Å²) in [6.45, 7) is -0.534. The van der Waals surface area contributed by atoms with Crippen molar-refractivity contribution < 1.29 is 27.8 Å². The van der Waals surface area contributed by atoms with Gasteiger partial charge in [0.2, 0.25) is 5.91 Å². The van der Waals surface area contributed by atoms with E-state index in [-0.39, 0.29) is 54.1 Å². The minimum Gasteiger partial charge on any atom is -0.493 e. The van der Waals surface area contributed by atoms with Crippen LogP contribution in [0.5, 0.6) is 11.5 Å². The van der Waals surface area contributed by atoms with Crippen LogP contribution in [0.2, 0.25) is 0 Å². The highest BCUT2D eigenvalue weighted by Crippen LogP contribution is 2.37. The molecule has 0 unspecified atom stereocenters. The molecule has 2 heterocycles. The summed E-state index contributed by atoms with van der Waals surface area (Å²) >= 11 is 0. The Morgan fingerprint density at radius 3 is 2.48 bits per heavy atom. The Morgan fingerprint density at radius 2 is 1.87 bits per heavy atom. The third-order valence-corrected chi connectivity index (χ3v) is 4.87. The number of benzene rings is 1. The molecule has 1 fully saturated rings. The molecular weight excluding hydrogens is 412 g/mol. The van der Waals surface area contributed by atoms with Crippen LogP contribution in [0.4, 0.5) is 14.5 Å². The van der Waals surface area contributed by atoms with Crippen LogP contribution in [0.15, 0.2) is 41.5 Å². The lowest BCUT2D eigenvalue weighted by atomic mass is 10.0. The van der Waals surface area contributed by atoms with Gasteiger partial charge in [0, 0.05) is 43.1 Å². The number of ether oxygens (including phenoxy) is 2. The molecule has 10 heteroatoms. The Balaban J connectivity index is 1.86. The molecule has 0 atom stereocenters. The van der Waals surface area contributed by atoms with Crippen LogP contribution in [-0.2, 0) is 11.3 Å². The number of carbonyl (C=O) groups is 2. The van der Waals surface area contributed by atoms with Gasteiger partial charge in [-0.15, -0.1) is 0 Å². The molecule has 1 aliphatic rings. The normalized spacial score (nSPS) is 15.3. The van der Waals surface area contributed by atoms with Crippen LogP contribution in [0.25, 0.3) is 0 Å². The van der Waals surface area contributed by atoms with E-state index in [1.807, 2.05) is 0 Å². The number of amides is 2. The highest BCUT2D eigenvalue weighted by Gasteiger charge is 2.37. The third kappa shape index (κ3) is 5.39. The van der Waals surface area contributed by atoms with Gasteiger partial charge in [0.05, 0.1) is 26.5 Å². The van der Waals surface area contributed by atoms with Crippen molar-refractivity contribution in [1.82, 2.24) is 9.47 Å². The van der Waals surface area contributed by atoms with Gasteiger partial charge in [-0.1, -0.05) is 0 Å². The predicted octanol–water partition coefficient (Wildman–Crippen LogP) is 2.38. The van der Waals surface area contributed by atoms with Crippen molar-refractivity contribution in [2.24, 2.45) is 0 Å². The van der Waals surface area contributed by atoms with Crippen LogP contribution in [-0.4, -0.2) is 54.5 Å². The van der Waals surface area contributed by atoms with E-state index >= 15 is 0 Å². The number of nitrogens with zero attached hydrogens (tertiary/aromatic N) is 2. The van der Waals surface area contributed by atoms with Crippen molar-refractivity contribution in [2.75, 3.05) is 32.6 Å². The van der Waals surface area contributed by atoms with E-state index < -0.39 is 24.3 Å². The number of carbonyl (C=O) groups excluding carboxylic acids is 2. The number of anilines is 1. The number of hydrogen-bond donors (Lipinski definition) is 1. The second-order valence-electron chi connectivity index (χ2n) is 7.20. The van der Waals surface area contributed by atoms with Crippen molar-refractivity contribution in [3.63, 3.8) is 0 Å². The maximum Gasteiger partial charge on any atom is 0.265 e. The number of pyridine rings is 1. The quantitative estimate of drug-likeness (QED) is 0.753. The van der Waals surface area contributed by atoms with Crippen molar-refractivity contribution in [3.05, 3.63) is 52.4 Å². The summed E-state index contributed by atoms with van der Waals surface area (Å²) in [4.78, 5) is 37.7. The fourth-order valence-corrected chi connectivity index (χ4v) is 3.41. The Kier molecular flexibility index (Phi) is 6.57. The van der Waals surface area contributed by atoms with Crippen molar-refractivity contribution >= 4 is 17.5 Å². The number of methoxy groups -OCH3 is 2. The van der Waals surface area contributed by atoms with Gasteiger partial charge in [-0.25, -0.2) is 8.78 Å². The van der Waals surface area contributed by atoms with Gasteiger partial charge in [-0.3, -0.25) is 14.4 Å². The second kappa shape index (κ2) is 9.15. The van der Waals surface area contributed by atoms with Gasteiger partial charge < -0.3 is 24.3 Å². The zero-order valence-electron chi connectivity index (χ0n) is 17.2. The number of alkyl halides is 2. The van der Waals surface area contributed by atoms with E-state index in [0.717, 1.165) is 4.90 Å². The smallest absolute Gasteiger partial charge is 0.265 e. The minimum absolute atomic E-state index is 0.0917. The fraction of sp³-hybridized carbons (Fsp3) is 0.381. The van der Waals surface area contributed by atoms with Gasteiger partial charge in [0.1, 0.15) is 6.54 Å². The summed E-state index contributed by atoms with van der Waals surface area (Å²) < 4.78 is 39.6. The van der Waals surface area contributed by atoms with Gasteiger partial charge in [-0.2, -0.15) is 0 Å². The first-order chi connectivity index (χ1) is 14.7. The number of rotatable bonds is 6. The molecule has 166 valence electrons. The molecule has 2 aromatic rings. The van der Waals surface area contributed by atoms with Crippen molar-refractivity contribution in [1.29, 1.82) is 0 Å². The number of aromatic nitrogens is 1. The van der Waals surface area contributed by atoms with Crippen molar-refractivity contribution in [2.45, 2.75) is 25.3 Å². The van der Waals surface area contributed by atoms with Gasteiger partial charge in [0.15, 0.2) is 16.9 Å². The summed E-state index contributed by atoms with van der Waals surface area (Å²) in [5, 5.41) is 2.65. The van der Waals surface area contributed by atoms with E-state index in [1.54, 1.807) is 0 Å². The Hall–Kier alpha value is -3.43. The predicted molar refractivity (Wildman–Crippen MR) is 109 cm³/mol. The van der Waals surface area contributed by atoms with E-state index in [9.17, 15) is 23.2 Å². The average molecular weight is 435 g/mol. The molecule has 0 radical (unpaired) electrons. The lowest BCUT2D eigenvalue weighted by Crippen LogP contribution is -2.45. The summed E-state index contributed by atoms with van der Waals surface area (Å²) in [7, 11) is 2.75. The molecular formula is C21H23F2N3O5. The average Bonchev–Trinajstić information content (AvgIpc) is 2.73. The molecule has 1 aromatic carbocycles. The van der Waals surface area contributed by atoms with Crippen LogP contribution in [0.3, 0.4) is 0 Å². The fourth-order valence-electron chi connectivity index (χ4n) is 3.41. The summed E-state index contributed by atoms with van der Waals surface area (Å²) in [6.07, 6.45) is 2.89. The van der Waals surface area contributed by atoms with Crippen LogP contribution in [0.1, 0.15) is 23.2 Å². The van der Waals surface area contributed by atoms with E-state index in [4.69, 9.17) is 9.47 Å². The minimum atomic E-state index is -2.93. The second-order valence-corrected chi connectivity index (χ2v) is 7.20. The molecule has 1 saturated heterocycles. The molecule has 0 spiro atoms. The lowest BCUT2D eigenvalue weighted by molar-refractivity contribution is -0.116. The lowest BCUT2D eigenvalue weighted by Gasteiger charge is -2.32. The first-order valence-corrected chi connectivity index (χ1v) is 9.61. The van der Waals surface area contributed by atoms with Gasteiger partial charge >= 0.3 is 0 Å². The summed E-state index contributed by atoms with van der Waals surface area (Å²) in [6, 6.07) is 5.42. The van der Waals surface area contributed by atoms with Crippen LogP contribution < -0.4 is 20.2 Å². The highest BCUT2D eigenvalue weighted by molar-refractivity contribution is 5.99. The molecule has 1 aromatic heterocycles. The Morgan fingerprint density at radius 1 is 1.16 bits per heavy atom. The maximum atomic E-state index is 13.8. The topological polar surface area (TPSA) is 89.9 Å². The van der Waals surface area contributed by atoms with Gasteiger partial charge in [0.25, 0.3) is 11.8 Å². The zero-order chi connectivity index (χ0) is 22.6. The number of hydrogen-bond acceptors (Lipinski definition) is 5. The van der Waals surface area contributed by atoms with Crippen LogP contribution in [0, 0.1) is 0 Å². The maximum absolute atomic E-state index is 13.8. The van der Waals surface area contributed by atoms with Crippen molar-refractivity contribution in [3.8, 4) is 11.5 Å². The summed E-state index contributed by atoms with van der Waals surface area (Å²) in [5.74, 6) is -3.60. The van der Waals surface area contributed by atoms with E-state index in [2.05, 4.69) is 5.32 Å². The first kappa shape index (κ1) is 22.3. The monoisotopic (exact) mass is 435 g/mol. The van der Waals surface area contributed by atoms with Crippen LogP contribution >= 0.6 is 0 Å². The Bertz CT molecular complexity index is 1020. The third-order valence-electron chi connectivity index (χ3n) is 4.87. The molecule has 1 N–H and O–H groups in total. The number of piperidine rings is 1. The van der Waals surface area contributed by atoms with Gasteiger partial charge in [-0.05, 0) is 18.6 Å². The largest absolute Gasteiger partial charge is 0.493 e. The molecule has 2 amide bonds. The Labute approximate surface area is 177 Å². The summed E-state index contributed by atoms with van der Waals surface area (Å²) in [5.41, 5.74) is 0.0755. The zero-order valence-corrected chi connectivity index (χ0v) is 17.2. The first-order valence-electron chi connectivity index (χ1n) is 9.61. The number of halogens is 2. The molecule has 0 aliphatic carbocycles. The molecule has 0 bridgehead atoms. The molecule has 0 saturated carbocycles. The standard InChI is InChI=1S/C21H23F2N3O5/c1-30-17-11-14(20(29)26-7-3-6-21(22,23)13-26)10-16(19(17)31-2)24-18(28)12-25-8-4-15(27)5-9-25/h4-5,8-11H,3,6-7,12-13H2,1-2H3,(H,24,28). The van der Waals surface area contributed by atoms with E-state index in [1.165, 1.54) is 55.4 Å². The molecule has 31 heavy (non-hydrogen) atoms. The highest BCUT2D eigenvalue weighted by atomic mass is 19.3. The number of likely N-dealkylation sites (tertiary alicyclic amines) is 1. The number of nitrogens with one attached hydrogen (secondary N) is 1. The molecule has 3 rings (SSSR count). The molecule has 8 nitrogen and oxygen atoms in total. The van der Waals surface area contributed by atoms with E-state index in [0.29, 0.717) is 0 Å². The SMILES string of the molecule is COc1cc(C(=O)N2CCCC(F)(F)C2)cc(NC(=O)Cn2ccc(=O)cc2)c1OC.